The van der Waals surface area contributed by atoms with E-state index in [0.29, 0.717) is 20.7 Å². The Morgan fingerprint density at radius 1 is 1.54 bits per heavy atom. The molecule has 0 radical (unpaired) electrons. The molecule has 0 saturated heterocycles. The predicted molar refractivity (Wildman–Crippen MR) is 61.7 cm³/mol. The molecule has 2 nitrogen and oxygen atoms in total. The van der Waals surface area contributed by atoms with Crippen molar-refractivity contribution in [3.63, 3.8) is 0 Å². The van der Waals surface area contributed by atoms with Gasteiger partial charge in [0.1, 0.15) is 0 Å². The molecule has 1 aromatic rings. The molecular weight excluding hydrogens is 321 g/mol. The third-order valence-electron chi connectivity index (χ3n) is 1.52. The lowest BCUT2D eigenvalue weighted by molar-refractivity contribution is 0.102. The summed E-state index contributed by atoms with van der Waals surface area (Å²) < 4.78 is 0.643. The van der Waals surface area contributed by atoms with Crippen molar-refractivity contribution < 1.29 is 4.79 Å². The first kappa shape index (κ1) is 11.0. The normalized spacial score (nSPS) is 10.1. The molecule has 0 aliphatic heterocycles. The molecule has 13 heavy (non-hydrogen) atoms. The first-order valence-corrected chi connectivity index (χ1v) is 5.69. The minimum absolute atomic E-state index is 0.0254. The van der Waals surface area contributed by atoms with Gasteiger partial charge in [-0.25, -0.2) is 0 Å². The molecule has 0 unspecified atom stereocenters. The number of nitrogen functional groups attached to an aromatic ring is 1. The minimum atomic E-state index is -0.0254. The molecule has 1 aromatic carbocycles. The molecular formula is C8H6Br2ClNO. The molecule has 0 heterocycles. The zero-order valence-corrected chi connectivity index (χ0v) is 10.4. The van der Waals surface area contributed by atoms with E-state index in [1.165, 1.54) is 0 Å². The van der Waals surface area contributed by atoms with Gasteiger partial charge in [-0.15, -0.1) is 0 Å². The predicted octanol–water partition coefficient (Wildman–Crippen LogP) is 3.26. The SMILES string of the molecule is Nc1c(Cl)cc(C(=O)CBr)cc1Br. The van der Waals surface area contributed by atoms with Crippen molar-refractivity contribution in [1.82, 2.24) is 0 Å². The maximum absolute atomic E-state index is 11.3. The van der Waals surface area contributed by atoms with Crippen LogP contribution in [0.5, 0.6) is 0 Å². The van der Waals surface area contributed by atoms with E-state index in [-0.39, 0.29) is 11.1 Å². The van der Waals surface area contributed by atoms with Gasteiger partial charge in [0, 0.05) is 10.0 Å². The molecule has 0 amide bonds. The Kier molecular flexibility index (Phi) is 3.76. The molecule has 0 bridgehead atoms. The maximum atomic E-state index is 11.3. The summed E-state index contributed by atoms with van der Waals surface area (Å²) in [6.07, 6.45) is 0. The first-order valence-electron chi connectivity index (χ1n) is 3.40. The summed E-state index contributed by atoms with van der Waals surface area (Å²) in [5.41, 5.74) is 6.59. The number of alkyl halides is 1. The Morgan fingerprint density at radius 3 is 2.62 bits per heavy atom. The van der Waals surface area contributed by atoms with Crippen LogP contribution in [0.4, 0.5) is 5.69 Å². The van der Waals surface area contributed by atoms with Crippen molar-refractivity contribution >= 4 is 54.9 Å². The van der Waals surface area contributed by atoms with Crippen molar-refractivity contribution in [3.05, 3.63) is 27.2 Å². The molecule has 0 aliphatic carbocycles. The van der Waals surface area contributed by atoms with Gasteiger partial charge in [-0.3, -0.25) is 4.79 Å². The van der Waals surface area contributed by atoms with Crippen LogP contribution in [0.2, 0.25) is 5.02 Å². The highest BCUT2D eigenvalue weighted by atomic mass is 79.9. The second-order valence-corrected chi connectivity index (χ2v) is 4.23. The maximum Gasteiger partial charge on any atom is 0.173 e. The van der Waals surface area contributed by atoms with E-state index in [9.17, 15) is 4.79 Å². The number of Topliss-reactive ketones (excluding diaryl/α,β-unsaturated/α-hetero) is 1. The fourth-order valence-electron chi connectivity index (χ4n) is 0.822. The van der Waals surface area contributed by atoms with Crippen LogP contribution >= 0.6 is 43.5 Å². The molecule has 0 saturated carbocycles. The van der Waals surface area contributed by atoms with Crippen molar-refractivity contribution in [3.8, 4) is 0 Å². The third kappa shape index (κ3) is 2.45. The summed E-state index contributed by atoms with van der Waals surface area (Å²) >= 11 is 12.1. The zero-order valence-electron chi connectivity index (χ0n) is 6.48. The average molecular weight is 327 g/mol. The van der Waals surface area contributed by atoms with E-state index >= 15 is 0 Å². The lowest BCUT2D eigenvalue weighted by Gasteiger charge is -2.04. The number of hydrogen-bond donors (Lipinski definition) is 1. The van der Waals surface area contributed by atoms with Gasteiger partial charge < -0.3 is 5.73 Å². The molecule has 1 rings (SSSR count). The molecule has 0 aliphatic rings. The van der Waals surface area contributed by atoms with Gasteiger partial charge >= 0.3 is 0 Å². The summed E-state index contributed by atoms with van der Waals surface area (Å²) in [6, 6.07) is 3.22. The number of rotatable bonds is 2. The van der Waals surface area contributed by atoms with Gasteiger partial charge in [-0.05, 0) is 28.1 Å². The molecule has 0 spiro atoms. The van der Waals surface area contributed by atoms with Gasteiger partial charge in [0.05, 0.1) is 16.0 Å². The number of ketones is 1. The molecule has 5 heteroatoms. The number of carbonyl (C=O) groups excluding carboxylic acids is 1. The van der Waals surface area contributed by atoms with Gasteiger partial charge in [0.25, 0.3) is 0 Å². The number of carbonyl (C=O) groups is 1. The molecule has 2 N–H and O–H groups in total. The Bertz CT molecular complexity index is 331. The molecule has 0 fully saturated rings. The third-order valence-corrected chi connectivity index (χ3v) is 3.00. The van der Waals surface area contributed by atoms with Crippen LogP contribution in [0.25, 0.3) is 0 Å². The summed E-state index contributed by atoms with van der Waals surface area (Å²) in [7, 11) is 0. The van der Waals surface area contributed by atoms with Gasteiger partial charge in [-0.2, -0.15) is 0 Å². The zero-order chi connectivity index (χ0) is 10.0. The molecule has 0 aromatic heterocycles. The summed E-state index contributed by atoms with van der Waals surface area (Å²) in [4.78, 5) is 11.3. The summed E-state index contributed by atoms with van der Waals surface area (Å²) in [5, 5.41) is 0.665. The van der Waals surface area contributed by atoms with Crippen LogP contribution in [0.1, 0.15) is 10.4 Å². The monoisotopic (exact) mass is 325 g/mol. The Morgan fingerprint density at radius 2 is 2.15 bits per heavy atom. The summed E-state index contributed by atoms with van der Waals surface area (Å²) in [5.74, 6) is -0.0254. The Hall–Kier alpha value is -0.0600. The van der Waals surface area contributed by atoms with E-state index in [0.717, 1.165) is 0 Å². The van der Waals surface area contributed by atoms with E-state index in [4.69, 9.17) is 17.3 Å². The average Bonchev–Trinajstić information content (AvgIpc) is 2.12. The van der Waals surface area contributed by atoms with Gasteiger partial charge in [-0.1, -0.05) is 27.5 Å². The Labute approximate surface area is 97.7 Å². The van der Waals surface area contributed by atoms with Crippen molar-refractivity contribution in [2.24, 2.45) is 0 Å². The number of halogens is 3. The van der Waals surface area contributed by atoms with Crippen LogP contribution in [0.15, 0.2) is 16.6 Å². The largest absolute Gasteiger partial charge is 0.397 e. The smallest absolute Gasteiger partial charge is 0.173 e. The van der Waals surface area contributed by atoms with Crippen LogP contribution in [0, 0.1) is 0 Å². The van der Waals surface area contributed by atoms with E-state index in [2.05, 4.69) is 31.9 Å². The van der Waals surface area contributed by atoms with Crippen molar-refractivity contribution in [1.29, 1.82) is 0 Å². The fraction of sp³-hybridized carbons (Fsp3) is 0.125. The van der Waals surface area contributed by atoms with Crippen LogP contribution in [-0.2, 0) is 0 Å². The topological polar surface area (TPSA) is 43.1 Å². The quantitative estimate of drug-likeness (QED) is 0.515. The van der Waals surface area contributed by atoms with Crippen LogP contribution < -0.4 is 5.73 Å². The minimum Gasteiger partial charge on any atom is -0.397 e. The van der Waals surface area contributed by atoms with E-state index in [1.807, 2.05) is 0 Å². The second kappa shape index (κ2) is 4.44. The fourth-order valence-corrected chi connectivity index (χ4v) is 1.94. The number of anilines is 1. The van der Waals surface area contributed by atoms with Crippen molar-refractivity contribution in [2.45, 2.75) is 0 Å². The van der Waals surface area contributed by atoms with Gasteiger partial charge in [0.2, 0.25) is 0 Å². The standard InChI is InChI=1S/C8H6Br2ClNO/c9-3-7(13)4-1-5(10)8(12)6(11)2-4/h1-2H,3,12H2. The van der Waals surface area contributed by atoms with E-state index in [1.54, 1.807) is 12.1 Å². The highest BCUT2D eigenvalue weighted by Crippen LogP contribution is 2.29. The highest BCUT2D eigenvalue weighted by molar-refractivity contribution is 9.10. The highest BCUT2D eigenvalue weighted by Gasteiger charge is 2.09. The van der Waals surface area contributed by atoms with E-state index < -0.39 is 0 Å². The van der Waals surface area contributed by atoms with Crippen molar-refractivity contribution in [2.75, 3.05) is 11.1 Å². The van der Waals surface area contributed by atoms with Crippen LogP contribution in [0.3, 0.4) is 0 Å². The van der Waals surface area contributed by atoms with Gasteiger partial charge in [0.15, 0.2) is 5.78 Å². The lowest BCUT2D eigenvalue weighted by atomic mass is 10.1. The molecule has 0 atom stereocenters. The second-order valence-electron chi connectivity index (χ2n) is 2.41. The lowest BCUT2D eigenvalue weighted by Crippen LogP contribution is -2.01. The summed E-state index contributed by atoms with van der Waals surface area (Å²) in [6.45, 7) is 0. The molecule has 70 valence electrons. The number of nitrogens with two attached hydrogens (primary N) is 1. The van der Waals surface area contributed by atoms with Crippen LogP contribution in [-0.4, -0.2) is 11.1 Å². The number of benzene rings is 1. The Balaban J connectivity index is 3.20. The number of hydrogen-bond acceptors (Lipinski definition) is 2. The first-order chi connectivity index (χ1) is 6.06.